The van der Waals surface area contributed by atoms with Crippen LogP contribution in [0.15, 0.2) is 54.6 Å². The van der Waals surface area contributed by atoms with Crippen molar-refractivity contribution >= 4 is 17.6 Å². The van der Waals surface area contributed by atoms with E-state index in [1.807, 2.05) is 42.5 Å². The molecule has 2 fully saturated rings. The third-order valence-electron chi connectivity index (χ3n) is 6.58. The molecule has 2 aliphatic rings. The molecule has 194 valence electrons. The van der Waals surface area contributed by atoms with Crippen LogP contribution in [0.5, 0.6) is 5.75 Å². The van der Waals surface area contributed by atoms with Gasteiger partial charge in [-0.2, -0.15) is 0 Å². The van der Waals surface area contributed by atoms with Gasteiger partial charge in [0.25, 0.3) is 0 Å². The van der Waals surface area contributed by atoms with Gasteiger partial charge in [0.1, 0.15) is 11.9 Å². The van der Waals surface area contributed by atoms with Gasteiger partial charge in [0.15, 0.2) is 0 Å². The number of urea groups is 1. The average molecular weight is 498 g/mol. The van der Waals surface area contributed by atoms with Crippen LogP contribution in [0, 0.1) is 0 Å². The highest BCUT2D eigenvalue weighted by atomic mass is 16.5. The maximum Gasteiger partial charge on any atom is 0.322 e. The number of rotatable bonds is 7. The normalized spacial score (nSPS) is 24.1. The summed E-state index contributed by atoms with van der Waals surface area (Å²) in [6.07, 6.45) is 0.849. The first-order chi connectivity index (χ1) is 17.5. The number of anilines is 1. The summed E-state index contributed by atoms with van der Waals surface area (Å²) in [4.78, 5) is 27.4. The van der Waals surface area contributed by atoms with Crippen LogP contribution in [0.25, 0.3) is 0 Å². The Bertz CT molecular complexity index is 1000. The minimum Gasteiger partial charge on any atom is -0.495 e. The van der Waals surface area contributed by atoms with Gasteiger partial charge in [0.05, 0.1) is 57.2 Å². The van der Waals surface area contributed by atoms with E-state index in [1.165, 1.54) is 5.56 Å². The third-order valence-corrected chi connectivity index (χ3v) is 6.58. The van der Waals surface area contributed by atoms with Gasteiger partial charge in [0.2, 0.25) is 5.91 Å². The molecule has 0 unspecified atom stereocenters. The lowest BCUT2D eigenvalue weighted by Crippen LogP contribution is -2.58. The van der Waals surface area contributed by atoms with E-state index in [9.17, 15) is 14.7 Å². The van der Waals surface area contributed by atoms with E-state index in [-0.39, 0.29) is 50.3 Å². The molecule has 2 aromatic rings. The number of hydrogen-bond acceptors (Lipinski definition) is 6. The number of carbonyl (C=O) groups is 2. The maximum atomic E-state index is 13.3. The molecule has 0 bridgehead atoms. The van der Waals surface area contributed by atoms with Crippen LogP contribution in [0.3, 0.4) is 0 Å². The zero-order chi connectivity index (χ0) is 25.3. The Kier molecular flexibility index (Phi) is 9.16. The Balaban J connectivity index is 1.34. The Morgan fingerprint density at radius 3 is 2.67 bits per heavy atom. The summed E-state index contributed by atoms with van der Waals surface area (Å²) in [6, 6.07) is 16.6. The molecule has 9 heteroatoms. The Morgan fingerprint density at radius 1 is 1.08 bits per heavy atom. The van der Waals surface area contributed by atoms with Crippen molar-refractivity contribution in [3.05, 3.63) is 60.2 Å². The molecule has 36 heavy (non-hydrogen) atoms. The van der Waals surface area contributed by atoms with Crippen molar-refractivity contribution in [3.8, 4) is 5.75 Å². The summed E-state index contributed by atoms with van der Waals surface area (Å²) in [6.45, 7) is 1.04. The molecule has 4 atom stereocenters. The first kappa shape index (κ1) is 25.9. The number of ether oxygens (including phenoxy) is 3. The minimum absolute atomic E-state index is 0.0534. The van der Waals surface area contributed by atoms with Crippen molar-refractivity contribution in [2.24, 2.45) is 0 Å². The summed E-state index contributed by atoms with van der Waals surface area (Å²) in [7, 11) is 1.55. The Morgan fingerprint density at radius 2 is 1.86 bits per heavy atom. The van der Waals surface area contributed by atoms with Crippen LogP contribution in [0.1, 0.15) is 24.8 Å². The van der Waals surface area contributed by atoms with Gasteiger partial charge in [-0.25, -0.2) is 4.79 Å². The van der Waals surface area contributed by atoms with Gasteiger partial charge in [-0.3, -0.25) is 4.79 Å². The lowest BCUT2D eigenvalue weighted by atomic mass is 9.95. The van der Waals surface area contributed by atoms with Crippen LogP contribution >= 0.6 is 0 Å². The average Bonchev–Trinajstić information content (AvgIpc) is 2.87. The monoisotopic (exact) mass is 497 g/mol. The smallest absolute Gasteiger partial charge is 0.322 e. The second-order valence-electron chi connectivity index (χ2n) is 9.20. The largest absolute Gasteiger partial charge is 0.495 e. The van der Waals surface area contributed by atoms with Crippen molar-refractivity contribution < 1.29 is 28.9 Å². The molecule has 9 nitrogen and oxygen atoms in total. The highest BCUT2D eigenvalue weighted by Gasteiger charge is 2.40. The summed E-state index contributed by atoms with van der Waals surface area (Å²) < 4.78 is 17.3. The number of para-hydroxylation sites is 2. The molecule has 2 saturated heterocycles. The molecule has 3 amide bonds. The molecular formula is C27H35N3O6. The molecule has 2 aliphatic heterocycles. The van der Waals surface area contributed by atoms with Crippen LogP contribution < -0.4 is 15.4 Å². The number of β-amino-alcohol motifs (C(OH)–C–C–N with tert-alkyl or cyclic N) is 1. The van der Waals surface area contributed by atoms with Crippen molar-refractivity contribution in [1.29, 1.82) is 0 Å². The van der Waals surface area contributed by atoms with E-state index in [0.717, 1.165) is 6.42 Å². The molecule has 4 rings (SSSR count). The van der Waals surface area contributed by atoms with Crippen LogP contribution in [0.2, 0.25) is 0 Å². The third kappa shape index (κ3) is 6.96. The van der Waals surface area contributed by atoms with Gasteiger partial charge in [-0.05, 0) is 37.0 Å². The van der Waals surface area contributed by atoms with Crippen LogP contribution in [0.4, 0.5) is 10.5 Å². The lowest BCUT2D eigenvalue weighted by Gasteiger charge is -2.44. The zero-order valence-electron chi connectivity index (χ0n) is 20.6. The number of fused-ring (bicyclic) bond motifs is 1. The fourth-order valence-electron chi connectivity index (χ4n) is 4.78. The lowest BCUT2D eigenvalue weighted by molar-refractivity contribution is -0.149. The van der Waals surface area contributed by atoms with Gasteiger partial charge in [-0.1, -0.05) is 42.5 Å². The van der Waals surface area contributed by atoms with E-state index < -0.39 is 12.2 Å². The van der Waals surface area contributed by atoms with E-state index in [2.05, 4.69) is 10.6 Å². The molecule has 0 saturated carbocycles. The highest BCUT2D eigenvalue weighted by molar-refractivity contribution is 5.91. The van der Waals surface area contributed by atoms with Gasteiger partial charge < -0.3 is 34.9 Å². The Labute approximate surface area is 211 Å². The second-order valence-corrected chi connectivity index (χ2v) is 9.20. The van der Waals surface area contributed by atoms with E-state index in [1.54, 1.807) is 24.1 Å². The van der Waals surface area contributed by atoms with Gasteiger partial charge in [0, 0.05) is 6.54 Å². The topological polar surface area (TPSA) is 109 Å². The number of hydrogen-bond donors (Lipinski definition) is 3. The number of carbonyl (C=O) groups excluding carboxylic acids is 2. The summed E-state index contributed by atoms with van der Waals surface area (Å²) in [5.74, 6) is 0.499. The molecule has 0 aliphatic carbocycles. The molecule has 0 aromatic heterocycles. The number of benzene rings is 2. The van der Waals surface area contributed by atoms with Crippen LogP contribution in [-0.4, -0.2) is 79.7 Å². The molecule has 0 spiro atoms. The SMILES string of the molecule is COc1ccccc1NC(=O)N1C[C@H](O)COC[C@@H]2O[C@H](CC(=O)NCCc3ccccc3)CC[C@H]21. The standard InChI is InChI=1S/C27H35N3O6/c1-34-24-10-6-5-9-22(24)29-27(33)30-16-20(31)17-35-18-25-23(30)12-11-21(36-25)15-26(32)28-14-13-19-7-3-2-4-8-19/h2-10,20-21,23,25,31H,11-18H2,1H3,(H,28,32)(H,29,33)/t20-,21-,23+,25-/m0/s1. The number of aliphatic hydroxyl groups excluding tert-OH is 1. The van der Waals surface area contributed by atoms with Crippen molar-refractivity contribution in [1.82, 2.24) is 10.2 Å². The molecular weight excluding hydrogens is 462 g/mol. The van der Waals surface area contributed by atoms with Crippen molar-refractivity contribution in [2.45, 2.75) is 50.0 Å². The number of nitrogens with one attached hydrogen (secondary N) is 2. The fourth-order valence-corrected chi connectivity index (χ4v) is 4.78. The van der Waals surface area contributed by atoms with Crippen molar-refractivity contribution in [2.75, 3.05) is 38.7 Å². The quantitative estimate of drug-likeness (QED) is 0.543. The maximum absolute atomic E-state index is 13.3. The second kappa shape index (κ2) is 12.7. The molecule has 3 N–H and O–H groups in total. The molecule has 2 heterocycles. The number of methoxy groups -OCH3 is 1. The van der Waals surface area contributed by atoms with E-state index in [4.69, 9.17) is 14.2 Å². The Hall–Kier alpha value is -3.14. The fraction of sp³-hybridized carbons (Fsp3) is 0.481. The predicted octanol–water partition coefficient (Wildman–Crippen LogP) is 2.59. The van der Waals surface area contributed by atoms with Gasteiger partial charge >= 0.3 is 6.03 Å². The highest BCUT2D eigenvalue weighted by Crippen LogP contribution is 2.29. The first-order valence-electron chi connectivity index (χ1n) is 12.5. The predicted molar refractivity (Wildman–Crippen MR) is 135 cm³/mol. The van der Waals surface area contributed by atoms with Crippen molar-refractivity contribution in [3.63, 3.8) is 0 Å². The number of nitrogens with zero attached hydrogens (tertiary/aromatic N) is 1. The first-order valence-corrected chi connectivity index (χ1v) is 12.5. The minimum atomic E-state index is -0.803. The van der Waals surface area contributed by atoms with Gasteiger partial charge in [-0.15, -0.1) is 0 Å². The number of aliphatic hydroxyl groups is 1. The van der Waals surface area contributed by atoms with Crippen LogP contribution in [-0.2, 0) is 20.7 Å². The van der Waals surface area contributed by atoms with E-state index in [0.29, 0.717) is 30.8 Å². The molecule has 0 radical (unpaired) electrons. The summed E-state index contributed by atoms with van der Waals surface area (Å²) in [5.41, 5.74) is 1.73. The van der Waals surface area contributed by atoms with E-state index >= 15 is 0 Å². The number of amides is 3. The zero-order valence-corrected chi connectivity index (χ0v) is 20.6. The summed E-state index contributed by atoms with van der Waals surface area (Å²) in [5, 5.41) is 16.2. The molecule has 2 aromatic carbocycles. The summed E-state index contributed by atoms with van der Waals surface area (Å²) >= 11 is 0.